The molecule has 32 heavy (non-hydrogen) atoms. The van der Waals surface area contributed by atoms with Crippen LogP contribution in [-0.2, 0) is 4.79 Å². The molecule has 0 unspecified atom stereocenters. The Morgan fingerprint density at radius 1 is 1.09 bits per heavy atom. The summed E-state index contributed by atoms with van der Waals surface area (Å²) in [6.45, 7) is 6.39. The molecule has 9 heteroatoms. The molecule has 5 N–H and O–H groups in total. The van der Waals surface area contributed by atoms with E-state index >= 15 is 0 Å². The summed E-state index contributed by atoms with van der Waals surface area (Å²) in [4.78, 5) is 37.7. The number of primary amides is 1. The molecule has 0 aliphatic rings. The molecule has 2 aromatic carbocycles. The van der Waals surface area contributed by atoms with Crippen LogP contribution in [0.5, 0.6) is 0 Å². The van der Waals surface area contributed by atoms with Crippen LogP contribution in [0.3, 0.4) is 0 Å². The maximum atomic E-state index is 14.4. The maximum Gasteiger partial charge on any atom is 0.338 e. The summed E-state index contributed by atoms with van der Waals surface area (Å²) in [6.07, 6.45) is 0. The average molecular weight is 439 g/mol. The van der Waals surface area contributed by atoms with Gasteiger partial charge in [-0.2, -0.15) is 0 Å². The molecule has 3 aromatic rings. The monoisotopic (exact) mass is 439 g/mol. The molecule has 0 saturated carbocycles. The van der Waals surface area contributed by atoms with Gasteiger partial charge in [0.1, 0.15) is 11.5 Å². The van der Waals surface area contributed by atoms with Crippen molar-refractivity contribution in [3.8, 4) is 22.3 Å². The van der Waals surface area contributed by atoms with Crippen molar-refractivity contribution in [2.45, 2.75) is 13.8 Å². The molecule has 7 nitrogen and oxygen atoms in total. The first kappa shape index (κ1) is 22.4. The first-order valence-corrected chi connectivity index (χ1v) is 9.33. The number of aromatic nitrogens is 1. The maximum absolute atomic E-state index is 14.4. The molecule has 1 aromatic heterocycles. The van der Waals surface area contributed by atoms with Gasteiger partial charge in [0.2, 0.25) is 0 Å². The van der Waals surface area contributed by atoms with Crippen molar-refractivity contribution < 1.29 is 28.3 Å². The van der Waals surface area contributed by atoms with Crippen molar-refractivity contribution in [3.05, 3.63) is 77.1 Å². The Labute approximate surface area is 181 Å². The number of aryl methyl sites for hydroxylation is 2. The molecular formula is C23H19F2N3O4. The lowest BCUT2D eigenvalue weighted by Gasteiger charge is -2.13. The Hall–Kier alpha value is -4.27. The summed E-state index contributed by atoms with van der Waals surface area (Å²) in [5.74, 6) is -5.26. The van der Waals surface area contributed by atoms with E-state index in [1.807, 2.05) is 0 Å². The molecule has 0 atom stereocenters. The second-order valence-corrected chi connectivity index (χ2v) is 7.13. The van der Waals surface area contributed by atoms with E-state index in [1.54, 1.807) is 26.0 Å². The highest BCUT2D eigenvalue weighted by Crippen LogP contribution is 2.40. The summed E-state index contributed by atoms with van der Waals surface area (Å²) >= 11 is 0. The fourth-order valence-corrected chi connectivity index (χ4v) is 3.50. The van der Waals surface area contributed by atoms with Gasteiger partial charge in [0.25, 0.3) is 11.8 Å². The highest BCUT2D eigenvalue weighted by molar-refractivity contribution is 6.05. The lowest BCUT2D eigenvalue weighted by molar-refractivity contribution is -0.114. The zero-order valence-electron chi connectivity index (χ0n) is 17.2. The Morgan fingerprint density at radius 2 is 1.78 bits per heavy atom. The van der Waals surface area contributed by atoms with Gasteiger partial charge in [-0.1, -0.05) is 18.7 Å². The number of carbonyl (C=O) groups excluding carboxylic acids is 2. The van der Waals surface area contributed by atoms with Crippen LogP contribution in [0.1, 0.15) is 32.1 Å². The number of carbonyl (C=O) groups is 3. The van der Waals surface area contributed by atoms with Crippen LogP contribution >= 0.6 is 0 Å². The number of hydrogen-bond donors (Lipinski definition) is 4. The van der Waals surface area contributed by atoms with E-state index in [4.69, 9.17) is 10.8 Å². The summed E-state index contributed by atoms with van der Waals surface area (Å²) in [7, 11) is 0. The third kappa shape index (κ3) is 4.13. The van der Waals surface area contributed by atoms with E-state index in [9.17, 15) is 23.2 Å². The van der Waals surface area contributed by atoms with E-state index in [2.05, 4.69) is 16.9 Å². The molecule has 0 radical (unpaired) electrons. The minimum absolute atomic E-state index is 0.0329. The second-order valence-electron chi connectivity index (χ2n) is 7.13. The van der Waals surface area contributed by atoms with E-state index in [0.29, 0.717) is 33.6 Å². The predicted molar refractivity (Wildman–Crippen MR) is 115 cm³/mol. The van der Waals surface area contributed by atoms with Gasteiger partial charge >= 0.3 is 5.97 Å². The number of aromatic carboxylic acids is 1. The molecule has 1 heterocycles. The quantitative estimate of drug-likeness (QED) is 0.427. The number of halogens is 2. The van der Waals surface area contributed by atoms with Crippen LogP contribution in [0.2, 0.25) is 0 Å². The third-order valence-electron chi connectivity index (χ3n) is 4.92. The molecule has 0 fully saturated rings. The topological polar surface area (TPSA) is 125 Å². The number of nitrogens with two attached hydrogens (primary N) is 1. The highest BCUT2D eigenvalue weighted by Gasteiger charge is 2.24. The Bertz CT molecular complexity index is 1290. The zero-order chi connectivity index (χ0) is 23.7. The van der Waals surface area contributed by atoms with Gasteiger partial charge in [-0.3, -0.25) is 9.59 Å². The van der Waals surface area contributed by atoms with Crippen molar-refractivity contribution in [2.24, 2.45) is 5.73 Å². The van der Waals surface area contributed by atoms with Gasteiger partial charge in [-0.15, -0.1) is 0 Å². The number of aromatic amines is 1. The predicted octanol–water partition coefficient (Wildman–Crippen LogP) is 4.32. The molecule has 0 bridgehead atoms. The minimum Gasteiger partial charge on any atom is -0.478 e. The Balaban J connectivity index is 2.19. The molecule has 3 rings (SSSR count). The van der Waals surface area contributed by atoms with Crippen molar-refractivity contribution in [1.29, 1.82) is 0 Å². The largest absolute Gasteiger partial charge is 0.478 e. The number of rotatable bonds is 6. The lowest BCUT2D eigenvalue weighted by atomic mass is 9.91. The van der Waals surface area contributed by atoms with Crippen LogP contribution in [0.25, 0.3) is 22.3 Å². The van der Waals surface area contributed by atoms with Gasteiger partial charge in [0.15, 0.2) is 5.83 Å². The van der Waals surface area contributed by atoms with Crippen molar-refractivity contribution in [1.82, 2.24) is 4.98 Å². The number of H-pyrrole nitrogens is 1. The second kappa shape index (κ2) is 8.46. The fraction of sp³-hybridized carbons (Fsp3) is 0.0870. The van der Waals surface area contributed by atoms with Crippen LogP contribution in [0.15, 0.2) is 48.8 Å². The molecule has 0 aliphatic heterocycles. The van der Waals surface area contributed by atoms with Crippen molar-refractivity contribution >= 4 is 23.5 Å². The Morgan fingerprint density at radius 3 is 2.31 bits per heavy atom. The number of benzene rings is 2. The van der Waals surface area contributed by atoms with Crippen molar-refractivity contribution in [3.63, 3.8) is 0 Å². The van der Waals surface area contributed by atoms with Crippen LogP contribution in [0, 0.1) is 19.7 Å². The van der Waals surface area contributed by atoms with E-state index in [-0.39, 0.29) is 11.3 Å². The van der Waals surface area contributed by atoms with E-state index < -0.39 is 35.0 Å². The summed E-state index contributed by atoms with van der Waals surface area (Å²) < 4.78 is 27.4. The van der Waals surface area contributed by atoms with Crippen LogP contribution in [0.4, 0.5) is 14.5 Å². The fourth-order valence-electron chi connectivity index (χ4n) is 3.50. The molecule has 0 aliphatic carbocycles. The van der Waals surface area contributed by atoms with Gasteiger partial charge < -0.3 is 21.1 Å². The molecule has 0 saturated heterocycles. The standard InChI is InChI=1S/C23H19F2N3O4/c1-10-8-14(28-22(30)11(2)24)5-7-15(10)18-12(3)27-20(21(26)29)19(18)13-4-6-16(23(31)32)17(25)9-13/h4-9,27H,2H2,1,3H3,(H2,26,29)(H,28,30)(H,31,32). The summed E-state index contributed by atoms with van der Waals surface area (Å²) in [6, 6.07) is 8.32. The first-order valence-electron chi connectivity index (χ1n) is 9.33. The molecular weight excluding hydrogens is 420 g/mol. The van der Waals surface area contributed by atoms with E-state index in [0.717, 1.165) is 12.1 Å². The average Bonchev–Trinajstić information content (AvgIpc) is 3.05. The van der Waals surface area contributed by atoms with Crippen molar-refractivity contribution in [2.75, 3.05) is 5.32 Å². The zero-order valence-corrected chi connectivity index (χ0v) is 17.2. The number of hydrogen-bond acceptors (Lipinski definition) is 3. The highest BCUT2D eigenvalue weighted by atomic mass is 19.1. The number of nitrogens with one attached hydrogen (secondary N) is 2. The third-order valence-corrected chi connectivity index (χ3v) is 4.92. The number of anilines is 1. The normalized spacial score (nSPS) is 10.6. The Kier molecular flexibility index (Phi) is 5.93. The first-order chi connectivity index (χ1) is 15.0. The number of carboxylic acid groups (broad SMARTS) is 1. The minimum atomic E-state index is -1.42. The smallest absolute Gasteiger partial charge is 0.338 e. The van der Waals surface area contributed by atoms with Crippen LogP contribution < -0.4 is 11.1 Å². The molecule has 164 valence electrons. The van der Waals surface area contributed by atoms with Gasteiger partial charge in [0, 0.05) is 22.5 Å². The summed E-state index contributed by atoms with van der Waals surface area (Å²) in [5, 5.41) is 11.5. The summed E-state index contributed by atoms with van der Waals surface area (Å²) in [5.41, 5.74) is 8.36. The number of carboxylic acids is 1. The number of amides is 2. The molecule has 2 amide bonds. The lowest BCUT2D eigenvalue weighted by Crippen LogP contribution is -2.13. The molecule has 0 spiro atoms. The van der Waals surface area contributed by atoms with Gasteiger partial charge in [-0.25, -0.2) is 13.6 Å². The van der Waals surface area contributed by atoms with Crippen LogP contribution in [-0.4, -0.2) is 27.9 Å². The van der Waals surface area contributed by atoms with E-state index in [1.165, 1.54) is 12.1 Å². The van der Waals surface area contributed by atoms with Gasteiger partial charge in [-0.05, 0) is 54.8 Å². The SMILES string of the molecule is C=C(F)C(=O)Nc1ccc(-c2c(C)[nH]c(C(N)=O)c2-c2ccc(C(=O)O)c(F)c2)c(C)c1. The van der Waals surface area contributed by atoms with Gasteiger partial charge in [0.05, 0.1) is 5.56 Å².